The Morgan fingerprint density at radius 1 is 1.03 bits per heavy atom. The van der Waals surface area contributed by atoms with Gasteiger partial charge in [0.25, 0.3) is 0 Å². The van der Waals surface area contributed by atoms with Crippen molar-refractivity contribution < 1.29 is 19.1 Å². The van der Waals surface area contributed by atoms with Gasteiger partial charge in [0.15, 0.2) is 0 Å². The van der Waals surface area contributed by atoms with Gasteiger partial charge in [0.05, 0.1) is 24.8 Å². The van der Waals surface area contributed by atoms with Crippen LogP contribution in [0.25, 0.3) is 22.4 Å². The Balaban J connectivity index is 1.77. The molecule has 0 saturated heterocycles. The number of esters is 1. The standard InChI is InChI=1S/C24H29N3O4/c1-26(2)22(28)17-27-21-16-19(31-15-9-5-8-12-23(29)30-3)13-14-20(21)25-24(27)18-10-6-4-7-11-18/h4,6-7,10-11,13-14,16H,5,8-9,12,15,17H2,1-3H3. The highest BCUT2D eigenvalue weighted by Gasteiger charge is 2.17. The first-order valence-corrected chi connectivity index (χ1v) is 10.4. The van der Waals surface area contributed by atoms with Crippen LogP contribution in [0.15, 0.2) is 48.5 Å². The van der Waals surface area contributed by atoms with Crippen LogP contribution in [0.2, 0.25) is 0 Å². The lowest BCUT2D eigenvalue weighted by Gasteiger charge is -2.14. The molecule has 7 heteroatoms. The van der Waals surface area contributed by atoms with E-state index in [1.165, 1.54) is 7.11 Å². The van der Waals surface area contributed by atoms with Crippen molar-refractivity contribution in [2.45, 2.75) is 32.2 Å². The minimum absolute atomic E-state index is 0.00610. The number of ether oxygens (including phenoxy) is 2. The summed E-state index contributed by atoms with van der Waals surface area (Å²) in [6, 6.07) is 15.6. The van der Waals surface area contributed by atoms with Crippen molar-refractivity contribution in [3.05, 3.63) is 48.5 Å². The molecular weight excluding hydrogens is 394 g/mol. The van der Waals surface area contributed by atoms with Gasteiger partial charge < -0.3 is 18.9 Å². The molecule has 0 aliphatic heterocycles. The average Bonchev–Trinajstić information content (AvgIpc) is 3.14. The highest BCUT2D eigenvalue weighted by Crippen LogP contribution is 2.28. The maximum absolute atomic E-state index is 12.5. The van der Waals surface area contributed by atoms with E-state index in [1.807, 2.05) is 53.1 Å². The summed E-state index contributed by atoms with van der Waals surface area (Å²) in [7, 11) is 4.90. The molecular formula is C24H29N3O4. The molecule has 0 atom stereocenters. The Morgan fingerprint density at radius 2 is 1.81 bits per heavy atom. The molecule has 0 unspecified atom stereocenters. The van der Waals surface area contributed by atoms with E-state index in [2.05, 4.69) is 4.74 Å². The van der Waals surface area contributed by atoms with Gasteiger partial charge in [0.2, 0.25) is 5.91 Å². The van der Waals surface area contributed by atoms with Crippen LogP contribution in [0, 0.1) is 0 Å². The van der Waals surface area contributed by atoms with Crippen LogP contribution in [-0.2, 0) is 20.9 Å². The van der Waals surface area contributed by atoms with E-state index in [-0.39, 0.29) is 18.4 Å². The second-order valence-corrected chi connectivity index (χ2v) is 7.56. The number of carbonyl (C=O) groups excluding carboxylic acids is 2. The van der Waals surface area contributed by atoms with Crippen molar-refractivity contribution in [3.63, 3.8) is 0 Å². The molecule has 164 valence electrons. The molecule has 1 heterocycles. The summed E-state index contributed by atoms with van der Waals surface area (Å²) in [6.07, 6.45) is 2.96. The summed E-state index contributed by atoms with van der Waals surface area (Å²) in [5.74, 6) is 1.30. The van der Waals surface area contributed by atoms with Crippen LogP contribution in [0.4, 0.5) is 0 Å². The number of nitrogens with zero attached hydrogens (tertiary/aromatic N) is 3. The van der Waals surface area contributed by atoms with Gasteiger partial charge in [0.1, 0.15) is 18.1 Å². The highest BCUT2D eigenvalue weighted by molar-refractivity contribution is 5.85. The second kappa shape index (κ2) is 10.6. The molecule has 0 aliphatic carbocycles. The monoisotopic (exact) mass is 423 g/mol. The normalized spacial score (nSPS) is 10.8. The molecule has 0 saturated carbocycles. The van der Waals surface area contributed by atoms with E-state index in [0.717, 1.165) is 47.4 Å². The van der Waals surface area contributed by atoms with Crippen LogP contribution >= 0.6 is 0 Å². The lowest BCUT2D eigenvalue weighted by atomic mass is 10.2. The van der Waals surface area contributed by atoms with Gasteiger partial charge in [-0.15, -0.1) is 0 Å². The number of fused-ring (bicyclic) bond motifs is 1. The molecule has 0 spiro atoms. The fourth-order valence-electron chi connectivity index (χ4n) is 3.28. The fourth-order valence-corrected chi connectivity index (χ4v) is 3.28. The van der Waals surface area contributed by atoms with E-state index in [4.69, 9.17) is 9.72 Å². The smallest absolute Gasteiger partial charge is 0.305 e. The number of hydrogen-bond donors (Lipinski definition) is 0. The molecule has 0 fully saturated rings. The molecule has 1 aromatic heterocycles. The van der Waals surface area contributed by atoms with Crippen molar-refractivity contribution in [2.75, 3.05) is 27.8 Å². The van der Waals surface area contributed by atoms with Crippen molar-refractivity contribution in [1.29, 1.82) is 0 Å². The van der Waals surface area contributed by atoms with Gasteiger partial charge in [0, 0.05) is 32.1 Å². The first kappa shape index (κ1) is 22.3. The minimum Gasteiger partial charge on any atom is -0.494 e. The number of unbranched alkanes of at least 4 members (excludes halogenated alkanes) is 2. The lowest BCUT2D eigenvalue weighted by molar-refractivity contribution is -0.140. The number of carbonyl (C=O) groups is 2. The Kier molecular flexibility index (Phi) is 7.65. The summed E-state index contributed by atoms with van der Waals surface area (Å²) >= 11 is 0. The SMILES string of the molecule is COC(=O)CCCCCOc1ccc2nc(-c3ccccc3)n(CC(=O)N(C)C)c2c1. The van der Waals surface area contributed by atoms with Gasteiger partial charge in [-0.1, -0.05) is 30.3 Å². The number of benzene rings is 2. The first-order valence-electron chi connectivity index (χ1n) is 10.4. The third-order valence-electron chi connectivity index (χ3n) is 5.07. The van der Waals surface area contributed by atoms with Crippen LogP contribution in [0.3, 0.4) is 0 Å². The molecule has 0 aliphatic rings. The summed E-state index contributed by atoms with van der Waals surface area (Å²) in [4.78, 5) is 30.0. The quantitative estimate of drug-likeness (QED) is 0.365. The first-order chi connectivity index (χ1) is 15.0. The molecule has 0 bridgehead atoms. The average molecular weight is 424 g/mol. The van der Waals surface area contributed by atoms with E-state index >= 15 is 0 Å². The molecule has 0 radical (unpaired) electrons. The highest BCUT2D eigenvalue weighted by atomic mass is 16.5. The third kappa shape index (κ3) is 5.84. The Labute approximate surface area is 182 Å². The van der Waals surface area contributed by atoms with E-state index in [9.17, 15) is 9.59 Å². The maximum Gasteiger partial charge on any atom is 0.305 e. The van der Waals surface area contributed by atoms with E-state index < -0.39 is 0 Å². The van der Waals surface area contributed by atoms with Crippen molar-refractivity contribution in [1.82, 2.24) is 14.5 Å². The molecule has 31 heavy (non-hydrogen) atoms. The predicted octanol–water partition coefficient (Wildman–Crippen LogP) is 3.90. The molecule has 0 N–H and O–H groups in total. The van der Waals surface area contributed by atoms with Crippen molar-refractivity contribution in [2.24, 2.45) is 0 Å². The summed E-state index contributed by atoms with van der Waals surface area (Å²) < 4.78 is 12.5. The van der Waals surface area contributed by atoms with Crippen LogP contribution in [0.5, 0.6) is 5.75 Å². The summed E-state index contributed by atoms with van der Waals surface area (Å²) in [6.45, 7) is 0.758. The zero-order valence-electron chi connectivity index (χ0n) is 18.3. The Bertz CT molecular complexity index is 1030. The van der Waals surface area contributed by atoms with E-state index in [1.54, 1.807) is 19.0 Å². The number of hydrogen-bond acceptors (Lipinski definition) is 5. The largest absolute Gasteiger partial charge is 0.494 e. The maximum atomic E-state index is 12.5. The molecule has 2 aromatic carbocycles. The van der Waals surface area contributed by atoms with Crippen LogP contribution in [0.1, 0.15) is 25.7 Å². The molecule has 3 rings (SSSR count). The minimum atomic E-state index is -0.180. The van der Waals surface area contributed by atoms with Crippen LogP contribution < -0.4 is 4.74 Å². The predicted molar refractivity (Wildman–Crippen MR) is 120 cm³/mol. The topological polar surface area (TPSA) is 73.7 Å². The zero-order valence-corrected chi connectivity index (χ0v) is 18.3. The number of methoxy groups -OCH3 is 1. The molecule has 3 aromatic rings. The van der Waals surface area contributed by atoms with Gasteiger partial charge in [-0.3, -0.25) is 9.59 Å². The summed E-state index contributed by atoms with van der Waals surface area (Å²) in [5, 5.41) is 0. The zero-order chi connectivity index (χ0) is 22.2. The summed E-state index contributed by atoms with van der Waals surface area (Å²) in [5.41, 5.74) is 2.63. The Hall–Kier alpha value is -3.35. The number of rotatable bonds is 10. The van der Waals surface area contributed by atoms with Crippen LogP contribution in [-0.4, -0.2) is 54.1 Å². The number of amides is 1. The van der Waals surface area contributed by atoms with Gasteiger partial charge in [-0.05, 0) is 31.4 Å². The van der Waals surface area contributed by atoms with Crippen molar-refractivity contribution in [3.8, 4) is 17.1 Å². The van der Waals surface area contributed by atoms with Gasteiger partial charge >= 0.3 is 5.97 Å². The molecule has 1 amide bonds. The van der Waals surface area contributed by atoms with Gasteiger partial charge in [-0.2, -0.15) is 0 Å². The third-order valence-corrected chi connectivity index (χ3v) is 5.07. The number of aromatic nitrogens is 2. The van der Waals surface area contributed by atoms with E-state index in [0.29, 0.717) is 13.0 Å². The number of imidazole rings is 1. The van der Waals surface area contributed by atoms with Crippen molar-refractivity contribution >= 4 is 22.9 Å². The van der Waals surface area contributed by atoms with Gasteiger partial charge in [-0.25, -0.2) is 4.98 Å². The second-order valence-electron chi connectivity index (χ2n) is 7.56. The molecule has 7 nitrogen and oxygen atoms in total. The fraction of sp³-hybridized carbons (Fsp3) is 0.375. The number of likely N-dealkylation sites (N-methyl/N-ethyl adjacent to an activating group) is 1. The lowest BCUT2D eigenvalue weighted by Crippen LogP contribution is -2.26. The Morgan fingerprint density at radius 3 is 2.52 bits per heavy atom.